The molecule has 64 valence electrons. The Balaban J connectivity index is 3.07. The average molecular weight is 169 g/mol. The summed E-state index contributed by atoms with van der Waals surface area (Å²) in [6, 6.07) is 2.78. The van der Waals surface area contributed by atoms with Crippen molar-refractivity contribution in [1.29, 1.82) is 0 Å². The van der Waals surface area contributed by atoms with E-state index in [1.807, 2.05) is 0 Å². The predicted molar refractivity (Wildman–Crippen MR) is 39.2 cm³/mol. The maximum absolute atomic E-state index is 10.9. The molecular weight excluding hydrogens is 162 g/mol. The molecule has 0 aliphatic heterocycles. The summed E-state index contributed by atoms with van der Waals surface area (Å²) >= 11 is 0. The monoisotopic (exact) mass is 169 g/mol. The summed E-state index contributed by atoms with van der Waals surface area (Å²) in [5, 5.41) is 8.57. The number of aromatic carboxylic acids is 1. The molecule has 12 heavy (non-hydrogen) atoms. The van der Waals surface area contributed by atoms with E-state index in [1.165, 1.54) is 25.4 Å². The third-order valence-electron chi connectivity index (χ3n) is 1.34. The maximum Gasteiger partial charge on any atom is 0.418 e. The van der Waals surface area contributed by atoms with Gasteiger partial charge in [-0.1, -0.05) is 0 Å². The number of carboxylic acid groups (broad SMARTS) is 1. The third kappa shape index (κ3) is 1.29. The Bertz CT molecular complexity index is 315. The molecule has 0 saturated carbocycles. The van der Waals surface area contributed by atoms with Crippen LogP contribution >= 0.6 is 0 Å². The first-order valence-electron chi connectivity index (χ1n) is 3.15. The van der Waals surface area contributed by atoms with Crippen LogP contribution in [-0.4, -0.2) is 28.8 Å². The van der Waals surface area contributed by atoms with Crippen LogP contribution in [0.1, 0.15) is 10.5 Å². The van der Waals surface area contributed by atoms with Gasteiger partial charge in [-0.25, -0.2) is 14.2 Å². The first kappa shape index (κ1) is 8.32. The molecule has 0 spiro atoms. The SMILES string of the molecule is COC(=O)n1cccc1C(=O)O. The van der Waals surface area contributed by atoms with Gasteiger partial charge in [0.1, 0.15) is 5.69 Å². The van der Waals surface area contributed by atoms with Crippen molar-refractivity contribution in [2.45, 2.75) is 0 Å². The molecule has 1 heterocycles. The van der Waals surface area contributed by atoms with E-state index in [2.05, 4.69) is 4.74 Å². The molecule has 0 aromatic carbocycles. The smallest absolute Gasteiger partial charge is 0.418 e. The standard InChI is InChI=1S/C7H7NO4/c1-12-7(11)8-4-2-3-5(8)6(9)10/h2-4H,1H3,(H,9,10). The molecule has 0 atom stereocenters. The first-order valence-corrected chi connectivity index (χ1v) is 3.15. The Hall–Kier alpha value is -1.78. The van der Waals surface area contributed by atoms with Gasteiger partial charge in [-0.2, -0.15) is 0 Å². The summed E-state index contributed by atoms with van der Waals surface area (Å²) in [5.41, 5.74) is -0.109. The molecule has 0 amide bonds. The number of nitrogens with zero attached hydrogens (tertiary/aromatic N) is 1. The Morgan fingerprint density at radius 1 is 1.58 bits per heavy atom. The van der Waals surface area contributed by atoms with Crippen LogP contribution < -0.4 is 0 Å². The molecule has 0 saturated heterocycles. The van der Waals surface area contributed by atoms with Gasteiger partial charge in [-0.05, 0) is 12.1 Å². The topological polar surface area (TPSA) is 68.5 Å². The molecule has 0 aliphatic rings. The number of hydrogen-bond acceptors (Lipinski definition) is 3. The van der Waals surface area contributed by atoms with E-state index in [0.29, 0.717) is 0 Å². The van der Waals surface area contributed by atoms with Crippen LogP contribution in [0.4, 0.5) is 4.79 Å². The fourth-order valence-electron chi connectivity index (χ4n) is 0.813. The Labute approximate surface area is 68.2 Å². The zero-order valence-electron chi connectivity index (χ0n) is 6.35. The van der Waals surface area contributed by atoms with Gasteiger partial charge in [0.15, 0.2) is 0 Å². The quantitative estimate of drug-likeness (QED) is 0.675. The highest BCUT2D eigenvalue weighted by Gasteiger charge is 2.13. The number of carbonyl (C=O) groups excluding carboxylic acids is 1. The second-order valence-electron chi connectivity index (χ2n) is 2.04. The molecule has 0 radical (unpaired) electrons. The lowest BCUT2D eigenvalue weighted by Crippen LogP contribution is -2.16. The molecule has 1 aromatic rings. The predicted octanol–water partition coefficient (Wildman–Crippen LogP) is 0.801. The molecule has 1 aromatic heterocycles. The van der Waals surface area contributed by atoms with Crippen LogP contribution in [0.15, 0.2) is 18.3 Å². The highest BCUT2D eigenvalue weighted by Crippen LogP contribution is 2.02. The van der Waals surface area contributed by atoms with Gasteiger partial charge in [-0.15, -0.1) is 0 Å². The minimum absolute atomic E-state index is 0.109. The molecule has 0 fully saturated rings. The van der Waals surface area contributed by atoms with Crippen LogP contribution in [0.25, 0.3) is 0 Å². The minimum atomic E-state index is -1.16. The zero-order valence-corrected chi connectivity index (χ0v) is 6.35. The molecule has 0 bridgehead atoms. The number of rotatable bonds is 1. The normalized spacial score (nSPS) is 9.42. The van der Waals surface area contributed by atoms with E-state index < -0.39 is 12.1 Å². The fraction of sp³-hybridized carbons (Fsp3) is 0.143. The number of ether oxygens (including phenoxy) is 1. The molecule has 1 N–H and O–H groups in total. The number of hydrogen-bond donors (Lipinski definition) is 1. The molecule has 0 aliphatic carbocycles. The highest BCUT2D eigenvalue weighted by molar-refractivity contribution is 5.90. The van der Waals surface area contributed by atoms with E-state index in [1.54, 1.807) is 0 Å². The van der Waals surface area contributed by atoms with Crippen molar-refractivity contribution in [3.8, 4) is 0 Å². The molecular formula is C7H7NO4. The van der Waals surface area contributed by atoms with Crippen LogP contribution in [0.2, 0.25) is 0 Å². The lowest BCUT2D eigenvalue weighted by molar-refractivity contribution is 0.0683. The zero-order chi connectivity index (χ0) is 9.14. The van der Waals surface area contributed by atoms with Crippen molar-refractivity contribution < 1.29 is 19.4 Å². The number of carbonyl (C=O) groups is 2. The van der Waals surface area contributed by atoms with Crippen LogP contribution in [0.5, 0.6) is 0 Å². The largest absolute Gasteiger partial charge is 0.477 e. The lowest BCUT2D eigenvalue weighted by atomic mass is 10.4. The van der Waals surface area contributed by atoms with Crippen molar-refractivity contribution >= 4 is 12.1 Å². The van der Waals surface area contributed by atoms with Gasteiger partial charge in [0.2, 0.25) is 0 Å². The van der Waals surface area contributed by atoms with Crippen molar-refractivity contribution in [2.24, 2.45) is 0 Å². The van der Waals surface area contributed by atoms with Crippen molar-refractivity contribution in [3.63, 3.8) is 0 Å². The summed E-state index contributed by atoms with van der Waals surface area (Å²) in [7, 11) is 1.19. The van der Waals surface area contributed by atoms with E-state index in [-0.39, 0.29) is 5.69 Å². The molecule has 5 heteroatoms. The lowest BCUT2D eigenvalue weighted by Gasteiger charge is -2.01. The number of carboxylic acids is 1. The van der Waals surface area contributed by atoms with Gasteiger partial charge in [0, 0.05) is 6.20 Å². The van der Waals surface area contributed by atoms with Crippen molar-refractivity contribution in [1.82, 2.24) is 4.57 Å². The van der Waals surface area contributed by atoms with Gasteiger partial charge in [0.25, 0.3) is 0 Å². The maximum atomic E-state index is 10.9. The van der Waals surface area contributed by atoms with E-state index in [0.717, 1.165) is 4.57 Å². The molecule has 5 nitrogen and oxygen atoms in total. The summed E-state index contributed by atoms with van der Waals surface area (Å²) < 4.78 is 5.27. The second kappa shape index (κ2) is 3.08. The second-order valence-corrected chi connectivity index (χ2v) is 2.04. The molecule has 1 rings (SSSR count). The average Bonchev–Trinajstić information content (AvgIpc) is 2.50. The number of aromatic nitrogens is 1. The summed E-state index contributed by atoms with van der Waals surface area (Å²) in [5.74, 6) is -1.16. The summed E-state index contributed by atoms with van der Waals surface area (Å²) in [4.78, 5) is 21.4. The summed E-state index contributed by atoms with van der Waals surface area (Å²) in [6.07, 6.45) is 0.618. The number of methoxy groups -OCH3 is 1. The Morgan fingerprint density at radius 2 is 2.25 bits per heavy atom. The minimum Gasteiger partial charge on any atom is -0.477 e. The van der Waals surface area contributed by atoms with Gasteiger partial charge in [-0.3, -0.25) is 0 Å². The van der Waals surface area contributed by atoms with E-state index >= 15 is 0 Å². The van der Waals surface area contributed by atoms with Gasteiger partial charge < -0.3 is 9.84 Å². The Kier molecular flexibility index (Phi) is 2.14. The van der Waals surface area contributed by atoms with Gasteiger partial charge >= 0.3 is 12.1 Å². The first-order chi connectivity index (χ1) is 5.66. The van der Waals surface area contributed by atoms with E-state index in [4.69, 9.17) is 5.11 Å². The van der Waals surface area contributed by atoms with Crippen LogP contribution in [-0.2, 0) is 4.74 Å². The molecule has 0 unspecified atom stereocenters. The van der Waals surface area contributed by atoms with Crippen LogP contribution in [0.3, 0.4) is 0 Å². The highest BCUT2D eigenvalue weighted by atomic mass is 16.5. The Morgan fingerprint density at radius 3 is 2.75 bits per heavy atom. The van der Waals surface area contributed by atoms with Crippen molar-refractivity contribution in [2.75, 3.05) is 7.11 Å². The fourth-order valence-corrected chi connectivity index (χ4v) is 0.813. The van der Waals surface area contributed by atoms with Gasteiger partial charge in [0.05, 0.1) is 7.11 Å². The third-order valence-corrected chi connectivity index (χ3v) is 1.34. The van der Waals surface area contributed by atoms with E-state index in [9.17, 15) is 9.59 Å². The summed E-state index contributed by atoms with van der Waals surface area (Å²) in [6.45, 7) is 0. The van der Waals surface area contributed by atoms with Crippen LogP contribution in [0, 0.1) is 0 Å². The van der Waals surface area contributed by atoms with Crippen molar-refractivity contribution in [3.05, 3.63) is 24.0 Å².